The van der Waals surface area contributed by atoms with Crippen LogP contribution in [0.2, 0.25) is 0 Å². The van der Waals surface area contributed by atoms with Gasteiger partial charge in [0, 0.05) is 6.66 Å². The highest BCUT2D eigenvalue weighted by atomic mass is 31.2. The quantitative estimate of drug-likeness (QED) is 0.467. The Labute approximate surface area is 162 Å². The van der Waals surface area contributed by atoms with E-state index in [-0.39, 0.29) is 6.61 Å². The van der Waals surface area contributed by atoms with Gasteiger partial charge >= 0.3 is 7.60 Å². The van der Waals surface area contributed by atoms with Crippen molar-refractivity contribution in [2.45, 2.75) is 53.6 Å². The van der Waals surface area contributed by atoms with E-state index in [1.54, 1.807) is 0 Å². The Balaban J connectivity index is 2.20. The van der Waals surface area contributed by atoms with Gasteiger partial charge in [-0.3, -0.25) is 4.57 Å². The van der Waals surface area contributed by atoms with E-state index in [2.05, 4.69) is 33.8 Å². The smallest absolute Gasteiger partial charge is 0.325 e. The summed E-state index contributed by atoms with van der Waals surface area (Å²) in [4.78, 5) is 9.32. The first kappa shape index (κ1) is 21.7. The van der Waals surface area contributed by atoms with Crippen molar-refractivity contribution in [1.29, 1.82) is 0 Å². The molecule has 1 aromatic carbocycles. The van der Waals surface area contributed by atoms with Crippen LogP contribution in [0.1, 0.15) is 48.9 Å². The van der Waals surface area contributed by atoms with E-state index >= 15 is 0 Å². The van der Waals surface area contributed by atoms with E-state index in [9.17, 15) is 14.6 Å². The van der Waals surface area contributed by atoms with Gasteiger partial charge in [-0.15, -0.1) is 0 Å². The second kappa shape index (κ2) is 9.05. The molecule has 0 fully saturated rings. The number of allylic oxidation sites excluding steroid dienone is 5. The Kier molecular flexibility index (Phi) is 7.27. The monoisotopic (exact) mass is 390 g/mol. The molecule has 0 aromatic heterocycles. The van der Waals surface area contributed by atoms with E-state index in [4.69, 9.17) is 4.52 Å². The lowest BCUT2D eigenvalue weighted by atomic mass is 9.89. The second-order valence-electron chi connectivity index (χ2n) is 7.70. The molecule has 2 rings (SSSR count). The Morgan fingerprint density at radius 1 is 1.19 bits per heavy atom. The van der Waals surface area contributed by atoms with Crippen molar-refractivity contribution in [2.75, 3.05) is 6.66 Å². The normalized spacial score (nSPS) is 22.1. The maximum Gasteiger partial charge on any atom is 0.325 e. The van der Waals surface area contributed by atoms with E-state index < -0.39 is 7.60 Å². The third kappa shape index (κ3) is 6.49. The molecule has 27 heavy (non-hydrogen) atoms. The zero-order valence-electron chi connectivity index (χ0n) is 17.0. The van der Waals surface area contributed by atoms with Crippen molar-refractivity contribution >= 4 is 7.60 Å². The van der Waals surface area contributed by atoms with E-state index in [0.717, 1.165) is 41.5 Å². The van der Waals surface area contributed by atoms with Crippen LogP contribution in [0.15, 0.2) is 47.3 Å². The van der Waals surface area contributed by atoms with Crippen LogP contribution in [0, 0.1) is 19.8 Å². The summed E-state index contributed by atoms with van der Waals surface area (Å²) in [6.45, 7) is 9.69. The zero-order chi connectivity index (χ0) is 20.2. The molecule has 148 valence electrons. The molecule has 2 N–H and O–H groups in total. The van der Waals surface area contributed by atoms with Crippen LogP contribution in [-0.4, -0.2) is 16.7 Å². The second-order valence-corrected chi connectivity index (χ2v) is 9.56. The lowest BCUT2D eigenvalue weighted by Crippen LogP contribution is -2.03. The number of rotatable bonds is 6. The molecule has 0 saturated heterocycles. The zero-order valence-corrected chi connectivity index (χ0v) is 17.8. The Hall–Kier alpha value is -1.61. The molecule has 0 radical (unpaired) electrons. The SMILES string of the molecule is Cc1cc(COP(C)(=O)O)cc(C)c1C/C1=C/C/C(C(C)C)=C(/O)C=CC1. The molecule has 0 spiro atoms. The predicted octanol–water partition coefficient (Wildman–Crippen LogP) is 5.92. The fraction of sp³-hybridized carbons (Fsp3) is 0.455. The highest BCUT2D eigenvalue weighted by Crippen LogP contribution is 2.38. The van der Waals surface area contributed by atoms with Gasteiger partial charge in [-0.2, -0.15) is 0 Å². The van der Waals surface area contributed by atoms with Crippen molar-refractivity contribution in [1.82, 2.24) is 0 Å². The topological polar surface area (TPSA) is 66.8 Å². The van der Waals surface area contributed by atoms with Gasteiger partial charge in [0.25, 0.3) is 0 Å². The van der Waals surface area contributed by atoms with Crippen LogP contribution in [0.5, 0.6) is 0 Å². The van der Waals surface area contributed by atoms with Crippen LogP contribution in [0.4, 0.5) is 0 Å². The van der Waals surface area contributed by atoms with E-state index in [1.165, 1.54) is 17.8 Å². The molecule has 1 aliphatic rings. The predicted molar refractivity (Wildman–Crippen MR) is 111 cm³/mol. The number of hydrogen-bond donors (Lipinski definition) is 2. The highest BCUT2D eigenvalue weighted by Gasteiger charge is 2.14. The number of hydrogen-bond acceptors (Lipinski definition) is 3. The molecule has 0 saturated carbocycles. The van der Waals surface area contributed by atoms with Crippen LogP contribution < -0.4 is 0 Å². The molecular weight excluding hydrogens is 359 g/mol. The van der Waals surface area contributed by atoms with Gasteiger partial charge in [-0.1, -0.05) is 43.7 Å². The summed E-state index contributed by atoms with van der Waals surface area (Å²) in [5.74, 6) is 0.711. The van der Waals surface area contributed by atoms with Crippen LogP contribution in [-0.2, 0) is 22.1 Å². The lowest BCUT2D eigenvalue weighted by molar-refractivity contribution is 0.255. The number of aryl methyl sites for hydroxylation is 2. The summed E-state index contributed by atoms with van der Waals surface area (Å²) in [6.07, 6.45) is 8.54. The molecule has 5 heteroatoms. The fourth-order valence-corrected chi connectivity index (χ4v) is 3.80. The van der Waals surface area contributed by atoms with Crippen LogP contribution in [0.25, 0.3) is 0 Å². The first-order valence-corrected chi connectivity index (χ1v) is 11.4. The minimum absolute atomic E-state index is 0.138. The average Bonchev–Trinajstić information content (AvgIpc) is 2.52. The maximum absolute atomic E-state index is 11.3. The highest BCUT2D eigenvalue weighted by molar-refractivity contribution is 7.51. The van der Waals surface area contributed by atoms with Gasteiger partial charge in [0.1, 0.15) is 5.76 Å². The summed E-state index contributed by atoms with van der Waals surface area (Å²) in [6, 6.07) is 4.06. The van der Waals surface area contributed by atoms with Crippen LogP contribution >= 0.6 is 7.60 Å². The largest absolute Gasteiger partial charge is 0.508 e. The molecule has 0 amide bonds. The summed E-state index contributed by atoms with van der Waals surface area (Å²) in [5.41, 5.74) is 6.91. The molecule has 0 bridgehead atoms. The van der Waals surface area contributed by atoms with Crippen molar-refractivity contribution in [2.24, 2.45) is 5.92 Å². The summed E-state index contributed by atoms with van der Waals surface area (Å²) >= 11 is 0. The van der Waals surface area contributed by atoms with Crippen molar-refractivity contribution in [3.8, 4) is 0 Å². The standard InChI is InChI=1S/C22H31O4P/c1-15(2)20-10-9-18(7-6-8-22(20)23)13-21-16(3)11-19(12-17(21)4)14-26-27(5,24)25/h6,8-9,11-12,15,23H,7,10,13-14H2,1-5H3,(H,24,25)/b8-6?,18-9+,22-20-. The third-order valence-corrected chi connectivity index (χ3v) is 5.53. The first-order valence-electron chi connectivity index (χ1n) is 9.37. The Bertz CT molecular complexity index is 802. The minimum atomic E-state index is -3.47. The first-order chi connectivity index (χ1) is 12.6. The Morgan fingerprint density at radius 2 is 1.81 bits per heavy atom. The number of aliphatic hydroxyl groups is 1. The lowest BCUT2D eigenvalue weighted by Gasteiger charge is -2.17. The van der Waals surface area contributed by atoms with E-state index in [1.807, 2.05) is 24.3 Å². The van der Waals surface area contributed by atoms with Gasteiger partial charge < -0.3 is 14.5 Å². The van der Waals surface area contributed by atoms with Crippen molar-refractivity contribution in [3.05, 3.63) is 69.5 Å². The van der Waals surface area contributed by atoms with Gasteiger partial charge in [0.2, 0.25) is 0 Å². The molecule has 4 nitrogen and oxygen atoms in total. The molecule has 0 heterocycles. The number of aliphatic hydroxyl groups excluding tert-OH is 1. The average molecular weight is 390 g/mol. The van der Waals surface area contributed by atoms with Crippen molar-refractivity contribution < 1.29 is 19.1 Å². The summed E-state index contributed by atoms with van der Waals surface area (Å²) in [5, 5.41) is 10.2. The fourth-order valence-electron chi connectivity index (χ4n) is 3.41. The molecule has 1 unspecified atom stereocenters. The molecule has 1 aromatic rings. The molecule has 0 aliphatic heterocycles. The minimum Gasteiger partial charge on any atom is -0.508 e. The van der Waals surface area contributed by atoms with Crippen LogP contribution in [0.3, 0.4) is 0 Å². The number of benzene rings is 1. The van der Waals surface area contributed by atoms with Gasteiger partial charge in [0.15, 0.2) is 0 Å². The van der Waals surface area contributed by atoms with Gasteiger partial charge in [-0.25, -0.2) is 0 Å². The third-order valence-electron chi connectivity index (χ3n) is 4.92. The molecule has 1 atom stereocenters. The summed E-state index contributed by atoms with van der Waals surface area (Å²) < 4.78 is 16.4. The van der Waals surface area contributed by atoms with Crippen molar-refractivity contribution in [3.63, 3.8) is 0 Å². The Morgan fingerprint density at radius 3 is 2.37 bits per heavy atom. The van der Waals surface area contributed by atoms with Gasteiger partial charge in [-0.05, 0) is 72.9 Å². The molecule has 1 aliphatic carbocycles. The van der Waals surface area contributed by atoms with Gasteiger partial charge in [0.05, 0.1) is 6.61 Å². The summed E-state index contributed by atoms with van der Waals surface area (Å²) in [7, 11) is -3.47. The maximum atomic E-state index is 11.3. The molecular formula is C22H31O4P. The van der Waals surface area contributed by atoms with E-state index in [0.29, 0.717) is 11.7 Å².